The summed E-state index contributed by atoms with van der Waals surface area (Å²) in [5.41, 5.74) is 1.11. The average molecular weight is 546 g/mol. The number of esters is 1. The number of hydrogen-bond donors (Lipinski definition) is 3. The lowest BCUT2D eigenvalue weighted by Gasteiger charge is -2.20. The van der Waals surface area contributed by atoms with Gasteiger partial charge in [0.2, 0.25) is 0 Å². The van der Waals surface area contributed by atoms with E-state index in [0.29, 0.717) is 19.4 Å². The third kappa shape index (κ3) is 6.31. The first-order valence-electron chi connectivity index (χ1n) is 10.8. The molecule has 0 bridgehead atoms. The first-order valence-corrected chi connectivity index (χ1v) is 13.0. The number of rotatable bonds is 8. The van der Waals surface area contributed by atoms with Crippen LogP contribution in [0.2, 0.25) is 0 Å². The molecule has 1 aliphatic heterocycles. The van der Waals surface area contributed by atoms with E-state index in [-0.39, 0.29) is 28.3 Å². The number of anilines is 2. The monoisotopic (exact) mass is 545 g/mol. The summed E-state index contributed by atoms with van der Waals surface area (Å²) in [6.45, 7) is 1.88. The first-order chi connectivity index (χ1) is 16.4. The van der Waals surface area contributed by atoms with Crippen LogP contribution >= 0.6 is 15.9 Å². The Morgan fingerprint density at radius 1 is 1.09 bits per heavy atom. The molecule has 0 radical (unpaired) electrons. The molecule has 0 amide bonds. The van der Waals surface area contributed by atoms with E-state index in [2.05, 4.69) is 41.3 Å². The number of nitrogens with zero attached hydrogens (tertiary/aromatic N) is 2. The predicted molar refractivity (Wildman–Crippen MR) is 132 cm³/mol. The fourth-order valence-electron chi connectivity index (χ4n) is 3.45. The molecule has 9 nitrogen and oxygen atoms in total. The maximum absolute atomic E-state index is 12.9. The zero-order valence-electron chi connectivity index (χ0n) is 18.2. The van der Waals surface area contributed by atoms with Crippen molar-refractivity contribution in [2.75, 3.05) is 23.1 Å². The maximum Gasteiger partial charge on any atom is 0.326 e. The molecule has 34 heavy (non-hydrogen) atoms. The Morgan fingerprint density at radius 3 is 2.50 bits per heavy atom. The molecule has 2 aromatic carbocycles. The van der Waals surface area contributed by atoms with Crippen molar-refractivity contribution in [2.45, 2.75) is 24.3 Å². The standard InChI is InChI=1S/C23H24BrN5O4S/c24-18-6-8-19(9-7-18)34(31,32)29-20-15-27-23(33-22(30)17-10-12-25-13-11-17)28-21(20)26-14-16-4-2-1-3-5-16/h1-9,15,17,25,29H,10-14H2,(H,26,27,28). The molecule has 4 rings (SSSR count). The molecule has 1 saturated heterocycles. The highest BCUT2D eigenvalue weighted by Gasteiger charge is 2.24. The highest BCUT2D eigenvalue weighted by atomic mass is 79.9. The lowest BCUT2D eigenvalue weighted by Crippen LogP contribution is -2.34. The Hall–Kier alpha value is -3.02. The van der Waals surface area contributed by atoms with E-state index < -0.39 is 16.0 Å². The number of sulfonamides is 1. The van der Waals surface area contributed by atoms with Crippen molar-refractivity contribution in [1.29, 1.82) is 0 Å². The molecule has 1 fully saturated rings. The van der Waals surface area contributed by atoms with Crippen molar-refractivity contribution in [3.63, 3.8) is 0 Å². The zero-order valence-corrected chi connectivity index (χ0v) is 20.6. The lowest BCUT2D eigenvalue weighted by atomic mass is 9.99. The molecule has 1 aromatic heterocycles. The molecule has 0 unspecified atom stereocenters. The van der Waals surface area contributed by atoms with E-state index in [1.165, 1.54) is 18.3 Å². The van der Waals surface area contributed by atoms with Crippen molar-refractivity contribution in [3.8, 4) is 6.01 Å². The number of aromatic nitrogens is 2. The Morgan fingerprint density at radius 2 is 1.79 bits per heavy atom. The van der Waals surface area contributed by atoms with Gasteiger partial charge in [0.05, 0.1) is 17.0 Å². The molecule has 2 heterocycles. The van der Waals surface area contributed by atoms with Crippen molar-refractivity contribution in [3.05, 3.63) is 70.8 Å². The van der Waals surface area contributed by atoms with Gasteiger partial charge in [-0.05, 0) is 55.8 Å². The van der Waals surface area contributed by atoms with Crippen LogP contribution in [0.3, 0.4) is 0 Å². The average Bonchev–Trinajstić information content (AvgIpc) is 2.85. The lowest BCUT2D eigenvalue weighted by molar-refractivity contribution is -0.140. The Labute approximate surface area is 206 Å². The number of benzene rings is 2. The van der Waals surface area contributed by atoms with Crippen LogP contribution in [-0.4, -0.2) is 37.4 Å². The quantitative estimate of drug-likeness (QED) is 0.367. The summed E-state index contributed by atoms with van der Waals surface area (Å²) in [6, 6.07) is 15.7. The summed E-state index contributed by atoms with van der Waals surface area (Å²) in [5, 5.41) is 6.32. The molecule has 0 spiro atoms. The Kier molecular flexibility index (Phi) is 7.76. The smallest absolute Gasteiger partial charge is 0.326 e. The molecule has 0 saturated carbocycles. The normalized spacial score (nSPS) is 14.4. The molecule has 3 N–H and O–H groups in total. The molecule has 11 heteroatoms. The van der Waals surface area contributed by atoms with Gasteiger partial charge in [-0.15, -0.1) is 0 Å². The Balaban J connectivity index is 1.57. The van der Waals surface area contributed by atoms with Crippen LogP contribution < -0.4 is 20.1 Å². The summed E-state index contributed by atoms with van der Waals surface area (Å²) < 4.78 is 34.5. The minimum atomic E-state index is -3.89. The van der Waals surface area contributed by atoms with Crippen molar-refractivity contribution >= 4 is 43.4 Å². The fourth-order valence-corrected chi connectivity index (χ4v) is 4.77. The van der Waals surface area contributed by atoms with Crippen LogP contribution in [0.25, 0.3) is 0 Å². The SMILES string of the molecule is O=C(Oc1ncc(NS(=O)(=O)c2ccc(Br)cc2)c(NCc2ccccc2)n1)C1CCNCC1. The summed E-state index contributed by atoms with van der Waals surface area (Å²) in [4.78, 5) is 21.0. The van der Waals surface area contributed by atoms with Gasteiger partial charge in [0.15, 0.2) is 5.82 Å². The van der Waals surface area contributed by atoms with Crippen LogP contribution in [0, 0.1) is 5.92 Å². The molecule has 0 aliphatic carbocycles. The van der Waals surface area contributed by atoms with Crippen molar-refractivity contribution in [1.82, 2.24) is 15.3 Å². The highest BCUT2D eigenvalue weighted by molar-refractivity contribution is 9.10. The Bertz CT molecular complexity index is 1230. The summed E-state index contributed by atoms with van der Waals surface area (Å²) in [7, 11) is -3.89. The third-order valence-corrected chi connectivity index (χ3v) is 7.21. The second-order valence-corrected chi connectivity index (χ2v) is 10.4. The molecule has 3 aromatic rings. The van der Waals surface area contributed by atoms with E-state index in [4.69, 9.17) is 4.74 Å². The van der Waals surface area contributed by atoms with Gasteiger partial charge in [-0.3, -0.25) is 9.52 Å². The van der Waals surface area contributed by atoms with Gasteiger partial charge in [0, 0.05) is 11.0 Å². The minimum absolute atomic E-state index is 0.0890. The molecular formula is C23H24BrN5O4S. The van der Waals surface area contributed by atoms with Gasteiger partial charge >= 0.3 is 12.0 Å². The molecule has 0 atom stereocenters. The van der Waals surface area contributed by atoms with E-state index in [1.54, 1.807) is 12.1 Å². The predicted octanol–water partition coefficient (Wildman–Crippen LogP) is 3.56. The van der Waals surface area contributed by atoms with Gasteiger partial charge in [0.25, 0.3) is 10.0 Å². The largest absolute Gasteiger partial charge is 0.391 e. The van der Waals surface area contributed by atoms with E-state index in [9.17, 15) is 13.2 Å². The fraction of sp³-hybridized carbons (Fsp3) is 0.261. The molecular weight excluding hydrogens is 522 g/mol. The number of carbonyl (C=O) groups excluding carboxylic acids is 1. The van der Waals surface area contributed by atoms with Crippen LogP contribution in [0.4, 0.5) is 11.5 Å². The second-order valence-electron chi connectivity index (χ2n) is 7.76. The van der Waals surface area contributed by atoms with Gasteiger partial charge in [-0.2, -0.15) is 4.98 Å². The highest BCUT2D eigenvalue weighted by Crippen LogP contribution is 2.26. The van der Waals surface area contributed by atoms with E-state index in [0.717, 1.165) is 23.1 Å². The third-order valence-electron chi connectivity index (χ3n) is 5.30. The number of carbonyl (C=O) groups is 1. The van der Waals surface area contributed by atoms with Crippen molar-refractivity contribution < 1.29 is 17.9 Å². The van der Waals surface area contributed by atoms with Gasteiger partial charge in [-0.25, -0.2) is 13.4 Å². The van der Waals surface area contributed by atoms with Gasteiger partial charge < -0.3 is 15.4 Å². The van der Waals surface area contributed by atoms with Crippen LogP contribution in [0.1, 0.15) is 18.4 Å². The van der Waals surface area contributed by atoms with E-state index in [1.807, 2.05) is 30.3 Å². The van der Waals surface area contributed by atoms with Crippen molar-refractivity contribution in [2.24, 2.45) is 5.92 Å². The second kappa shape index (κ2) is 10.9. The maximum atomic E-state index is 12.9. The van der Waals surface area contributed by atoms with Gasteiger partial charge in [-0.1, -0.05) is 46.3 Å². The van der Waals surface area contributed by atoms with Crippen LogP contribution in [0.15, 0.2) is 70.2 Å². The zero-order chi connectivity index (χ0) is 24.0. The molecule has 178 valence electrons. The number of piperidine rings is 1. The number of hydrogen-bond acceptors (Lipinski definition) is 8. The summed E-state index contributed by atoms with van der Waals surface area (Å²) in [5.74, 6) is -0.410. The first kappa shape index (κ1) is 24.1. The number of nitrogens with one attached hydrogen (secondary N) is 3. The van der Waals surface area contributed by atoms with Crippen LogP contribution in [0.5, 0.6) is 6.01 Å². The van der Waals surface area contributed by atoms with E-state index >= 15 is 0 Å². The van der Waals surface area contributed by atoms with Crippen LogP contribution in [-0.2, 0) is 21.4 Å². The minimum Gasteiger partial charge on any atom is -0.391 e. The summed E-state index contributed by atoms with van der Waals surface area (Å²) >= 11 is 3.30. The topological polar surface area (TPSA) is 122 Å². The number of halogens is 1. The molecule has 1 aliphatic rings. The number of ether oxygens (including phenoxy) is 1. The van der Waals surface area contributed by atoms with Gasteiger partial charge in [0.1, 0.15) is 5.69 Å². The summed E-state index contributed by atoms with van der Waals surface area (Å²) in [6.07, 6.45) is 2.66.